The number of aromatic nitrogens is 3. The van der Waals surface area contributed by atoms with Crippen molar-refractivity contribution in [1.29, 1.82) is 0 Å². The van der Waals surface area contributed by atoms with E-state index in [1.807, 2.05) is 12.3 Å². The molecule has 2 aromatic heterocycles. The zero-order valence-electron chi connectivity index (χ0n) is 14.8. The molecule has 0 bridgehead atoms. The van der Waals surface area contributed by atoms with E-state index in [0.29, 0.717) is 6.04 Å². The Morgan fingerprint density at radius 3 is 2.59 bits per heavy atom. The van der Waals surface area contributed by atoms with Gasteiger partial charge in [0.15, 0.2) is 0 Å². The molecule has 0 aliphatic heterocycles. The summed E-state index contributed by atoms with van der Waals surface area (Å²) in [7, 11) is -4.09. The van der Waals surface area contributed by atoms with Crippen LogP contribution >= 0.6 is 11.6 Å². The van der Waals surface area contributed by atoms with Crippen molar-refractivity contribution in [3.63, 3.8) is 0 Å². The van der Waals surface area contributed by atoms with E-state index in [-0.39, 0.29) is 30.4 Å². The predicted octanol–water partition coefficient (Wildman–Crippen LogP) is 2.70. The van der Waals surface area contributed by atoms with Gasteiger partial charge in [0.05, 0.1) is 25.7 Å². The number of aromatic amines is 1. The third-order valence-electron chi connectivity index (χ3n) is 5.18. The van der Waals surface area contributed by atoms with Gasteiger partial charge in [-0.15, -0.1) is 0 Å². The van der Waals surface area contributed by atoms with Crippen LogP contribution in [0.15, 0.2) is 62.0 Å². The number of rotatable bonds is 3. The van der Waals surface area contributed by atoms with E-state index >= 15 is 0 Å². The molecule has 1 aliphatic rings. The molecule has 4 aromatic rings. The first-order valence-corrected chi connectivity index (χ1v) is 10.7. The molecule has 0 atom stereocenters. The lowest BCUT2D eigenvalue weighted by atomic mass is 10.2. The average Bonchev–Trinajstić information content (AvgIpc) is 3.44. The molecular formula is C19H14ClN3O5S. The first-order chi connectivity index (χ1) is 13.8. The molecule has 148 valence electrons. The highest BCUT2D eigenvalue weighted by molar-refractivity contribution is 7.91. The van der Waals surface area contributed by atoms with Gasteiger partial charge in [-0.1, -0.05) is 22.4 Å². The topological polar surface area (TPSA) is 114 Å². The summed E-state index contributed by atoms with van der Waals surface area (Å²) in [6.45, 7) is 0. The maximum Gasteiger partial charge on any atom is 0.362 e. The average molecular weight is 432 g/mol. The Kier molecular flexibility index (Phi) is 3.71. The molecule has 1 aliphatic carbocycles. The Morgan fingerprint density at radius 2 is 1.86 bits per heavy atom. The highest BCUT2D eigenvalue weighted by Crippen LogP contribution is 2.38. The van der Waals surface area contributed by atoms with E-state index in [1.54, 1.807) is 12.1 Å². The smallest absolute Gasteiger partial charge is 0.362 e. The van der Waals surface area contributed by atoms with Gasteiger partial charge in [0.1, 0.15) is 0 Å². The van der Waals surface area contributed by atoms with Gasteiger partial charge in [-0.05, 0) is 48.6 Å². The number of hydrogen-bond donors (Lipinski definition) is 2. The van der Waals surface area contributed by atoms with E-state index < -0.39 is 21.1 Å². The normalized spacial score (nSPS) is 14.7. The molecule has 0 spiro atoms. The van der Waals surface area contributed by atoms with E-state index in [0.717, 1.165) is 23.7 Å². The quantitative estimate of drug-likeness (QED) is 0.484. The molecule has 2 N–H and O–H groups in total. The van der Waals surface area contributed by atoms with Crippen molar-refractivity contribution in [1.82, 2.24) is 14.3 Å². The SMILES string of the molecule is O=c1[nH]c2c(S(=O)(=O)c3ccc4ccn(C5CC5)c4c3)ccc(Cl)c2c(=O)n1O. The monoisotopic (exact) mass is 431 g/mol. The number of fused-ring (bicyclic) bond motifs is 2. The van der Waals surface area contributed by atoms with Crippen molar-refractivity contribution in [2.75, 3.05) is 0 Å². The second kappa shape index (κ2) is 5.98. The maximum atomic E-state index is 13.4. The Labute approximate surface area is 168 Å². The van der Waals surface area contributed by atoms with E-state index in [4.69, 9.17) is 11.6 Å². The van der Waals surface area contributed by atoms with Crippen LogP contribution in [-0.2, 0) is 9.84 Å². The lowest BCUT2D eigenvalue weighted by Crippen LogP contribution is -2.33. The Hall–Kier alpha value is -3.04. The van der Waals surface area contributed by atoms with E-state index in [1.165, 1.54) is 18.2 Å². The molecule has 0 amide bonds. The highest BCUT2D eigenvalue weighted by Gasteiger charge is 2.27. The molecule has 8 nitrogen and oxygen atoms in total. The summed E-state index contributed by atoms with van der Waals surface area (Å²) >= 11 is 6.04. The molecule has 10 heteroatoms. The fourth-order valence-corrected chi connectivity index (χ4v) is 5.24. The Morgan fingerprint density at radius 1 is 1.10 bits per heavy atom. The fraction of sp³-hybridized carbons (Fsp3) is 0.158. The lowest BCUT2D eigenvalue weighted by Gasteiger charge is -2.10. The molecule has 0 saturated heterocycles. The summed E-state index contributed by atoms with van der Waals surface area (Å²) < 4.78 is 28.7. The van der Waals surface area contributed by atoms with Crippen LogP contribution in [0.5, 0.6) is 0 Å². The number of halogens is 1. The number of nitrogens with one attached hydrogen (secondary N) is 1. The van der Waals surface area contributed by atoms with Crippen molar-refractivity contribution in [3.05, 3.63) is 68.5 Å². The van der Waals surface area contributed by atoms with Crippen LogP contribution < -0.4 is 11.2 Å². The van der Waals surface area contributed by atoms with Crippen LogP contribution in [0.3, 0.4) is 0 Å². The van der Waals surface area contributed by atoms with Crippen molar-refractivity contribution >= 4 is 43.2 Å². The van der Waals surface area contributed by atoms with Crippen LogP contribution in [0.4, 0.5) is 0 Å². The molecule has 0 unspecified atom stereocenters. The molecular weight excluding hydrogens is 418 g/mol. The number of nitrogens with zero attached hydrogens (tertiary/aromatic N) is 2. The van der Waals surface area contributed by atoms with Crippen LogP contribution in [0.25, 0.3) is 21.8 Å². The van der Waals surface area contributed by atoms with Crippen molar-refractivity contribution < 1.29 is 13.6 Å². The number of H-pyrrole nitrogens is 1. The zero-order chi connectivity index (χ0) is 20.5. The predicted molar refractivity (Wildman–Crippen MR) is 107 cm³/mol. The van der Waals surface area contributed by atoms with Crippen LogP contribution in [0.1, 0.15) is 18.9 Å². The minimum absolute atomic E-state index is 0.0308. The summed E-state index contributed by atoms with van der Waals surface area (Å²) in [6.07, 6.45) is 4.05. The summed E-state index contributed by atoms with van der Waals surface area (Å²) in [5.41, 5.74) is -1.68. The summed E-state index contributed by atoms with van der Waals surface area (Å²) in [4.78, 5) is 26.1. The standard InChI is InChI=1S/C19H14ClN3O5S/c20-13-5-6-15(17-16(13)18(24)23(26)19(25)21-17)29(27,28)12-4-1-10-7-8-22(11-2-3-11)14(10)9-12/h1,4-9,11,26H,2-3H2,(H,21,25). The molecule has 1 saturated carbocycles. The van der Waals surface area contributed by atoms with Gasteiger partial charge in [0.2, 0.25) is 9.84 Å². The van der Waals surface area contributed by atoms with Gasteiger partial charge in [0, 0.05) is 17.8 Å². The minimum Gasteiger partial charge on any atom is -0.421 e. The van der Waals surface area contributed by atoms with E-state index in [2.05, 4.69) is 9.55 Å². The van der Waals surface area contributed by atoms with Gasteiger partial charge in [0.25, 0.3) is 5.56 Å². The summed E-state index contributed by atoms with van der Waals surface area (Å²) in [6, 6.07) is 9.60. The lowest BCUT2D eigenvalue weighted by molar-refractivity contribution is 0.162. The second-order valence-electron chi connectivity index (χ2n) is 7.02. The first kappa shape index (κ1) is 18.0. The van der Waals surface area contributed by atoms with Gasteiger partial charge < -0.3 is 14.8 Å². The van der Waals surface area contributed by atoms with Crippen LogP contribution in [-0.4, -0.2) is 27.9 Å². The van der Waals surface area contributed by atoms with E-state index in [9.17, 15) is 23.2 Å². The molecule has 0 radical (unpaired) electrons. The third-order valence-corrected chi connectivity index (χ3v) is 7.29. The summed E-state index contributed by atoms with van der Waals surface area (Å²) in [5.74, 6) is 0. The zero-order valence-corrected chi connectivity index (χ0v) is 16.4. The number of hydrogen-bond acceptors (Lipinski definition) is 5. The first-order valence-electron chi connectivity index (χ1n) is 8.81. The van der Waals surface area contributed by atoms with Gasteiger partial charge in [-0.25, -0.2) is 13.2 Å². The molecule has 2 aromatic carbocycles. The van der Waals surface area contributed by atoms with Gasteiger partial charge >= 0.3 is 5.69 Å². The molecule has 2 heterocycles. The molecule has 1 fully saturated rings. The van der Waals surface area contributed by atoms with Crippen molar-refractivity contribution in [2.45, 2.75) is 28.7 Å². The second-order valence-corrected chi connectivity index (χ2v) is 9.35. The van der Waals surface area contributed by atoms with Crippen molar-refractivity contribution in [3.8, 4) is 0 Å². The molecule has 29 heavy (non-hydrogen) atoms. The molecule has 5 rings (SSSR count). The number of sulfone groups is 1. The summed E-state index contributed by atoms with van der Waals surface area (Å²) in [5, 5.41) is 10.1. The Balaban J connectivity index is 1.79. The number of benzene rings is 2. The van der Waals surface area contributed by atoms with Gasteiger partial charge in [-0.3, -0.25) is 4.79 Å². The van der Waals surface area contributed by atoms with Crippen molar-refractivity contribution in [2.24, 2.45) is 0 Å². The minimum atomic E-state index is -4.09. The maximum absolute atomic E-state index is 13.4. The third kappa shape index (κ3) is 2.61. The fourth-order valence-electron chi connectivity index (χ4n) is 3.57. The largest absolute Gasteiger partial charge is 0.421 e. The van der Waals surface area contributed by atoms with Gasteiger partial charge in [-0.2, -0.15) is 0 Å². The highest BCUT2D eigenvalue weighted by atomic mass is 35.5. The van der Waals surface area contributed by atoms with Crippen LogP contribution in [0.2, 0.25) is 5.02 Å². The Bertz CT molecular complexity index is 1540. The van der Waals surface area contributed by atoms with Crippen LogP contribution in [0, 0.1) is 0 Å².